The number of nitrogens with one attached hydrogen (secondary N) is 1. The first-order chi connectivity index (χ1) is 10.1. The summed E-state index contributed by atoms with van der Waals surface area (Å²) in [7, 11) is 1.60. The lowest BCUT2D eigenvalue weighted by Crippen LogP contribution is -2.14. The molecule has 3 nitrogen and oxygen atoms in total. The van der Waals surface area contributed by atoms with Crippen molar-refractivity contribution in [3.8, 4) is 5.75 Å². The third kappa shape index (κ3) is 4.16. The summed E-state index contributed by atoms with van der Waals surface area (Å²) in [6.07, 6.45) is 0.700. The normalized spacial score (nSPS) is 10.2. The van der Waals surface area contributed by atoms with E-state index in [1.807, 2.05) is 24.3 Å². The van der Waals surface area contributed by atoms with Gasteiger partial charge < -0.3 is 15.8 Å². The van der Waals surface area contributed by atoms with Gasteiger partial charge in [-0.1, -0.05) is 24.4 Å². The molecule has 0 aliphatic rings. The van der Waals surface area contributed by atoms with Gasteiger partial charge in [0.2, 0.25) is 0 Å². The SMILES string of the molecule is COc1ccc(C(N)=S)c(NCCc2cccc(F)c2)c1. The third-order valence-electron chi connectivity index (χ3n) is 3.11. The fraction of sp³-hybridized carbons (Fsp3) is 0.188. The van der Waals surface area contributed by atoms with Crippen LogP contribution in [0.15, 0.2) is 42.5 Å². The molecule has 0 atom stereocenters. The molecule has 0 aliphatic carbocycles. The Balaban J connectivity index is 2.06. The van der Waals surface area contributed by atoms with Gasteiger partial charge in [0.25, 0.3) is 0 Å². The van der Waals surface area contributed by atoms with Crippen molar-refractivity contribution in [3.63, 3.8) is 0 Å². The number of thiocarbonyl (C=S) groups is 1. The molecule has 5 heteroatoms. The van der Waals surface area contributed by atoms with Crippen molar-refractivity contribution in [3.05, 3.63) is 59.4 Å². The minimum Gasteiger partial charge on any atom is -0.497 e. The van der Waals surface area contributed by atoms with Crippen molar-refractivity contribution in [2.24, 2.45) is 5.73 Å². The lowest BCUT2D eigenvalue weighted by Gasteiger charge is -2.13. The molecule has 0 amide bonds. The van der Waals surface area contributed by atoms with Gasteiger partial charge in [-0.05, 0) is 36.2 Å². The predicted molar refractivity (Wildman–Crippen MR) is 87.5 cm³/mol. The Morgan fingerprint density at radius 1 is 1.29 bits per heavy atom. The summed E-state index contributed by atoms with van der Waals surface area (Å²) in [6, 6.07) is 12.0. The Hall–Kier alpha value is -2.14. The van der Waals surface area contributed by atoms with E-state index in [0.29, 0.717) is 18.0 Å². The average molecular weight is 304 g/mol. The summed E-state index contributed by atoms with van der Waals surface area (Å²) in [5.41, 5.74) is 8.23. The largest absolute Gasteiger partial charge is 0.497 e. The number of anilines is 1. The van der Waals surface area contributed by atoms with Crippen LogP contribution < -0.4 is 15.8 Å². The maximum Gasteiger partial charge on any atom is 0.123 e. The highest BCUT2D eigenvalue weighted by atomic mass is 32.1. The minimum absolute atomic E-state index is 0.224. The lowest BCUT2D eigenvalue weighted by molar-refractivity contribution is 0.415. The molecule has 3 N–H and O–H groups in total. The lowest BCUT2D eigenvalue weighted by atomic mass is 10.1. The van der Waals surface area contributed by atoms with Gasteiger partial charge in [0, 0.05) is 23.9 Å². The van der Waals surface area contributed by atoms with Crippen LogP contribution in [-0.2, 0) is 6.42 Å². The van der Waals surface area contributed by atoms with Gasteiger partial charge in [0.15, 0.2) is 0 Å². The highest BCUT2D eigenvalue weighted by Crippen LogP contribution is 2.22. The minimum atomic E-state index is -0.224. The van der Waals surface area contributed by atoms with Crippen LogP contribution in [-0.4, -0.2) is 18.6 Å². The van der Waals surface area contributed by atoms with E-state index in [4.69, 9.17) is 22.7 Å². The fourth-order valence-corrected chi connectivity index (χ4v) is 2.22. The van der Waals surface area contributed by atoms with Gasteiger partial charge in [-0.2, -0.15) is 0 Å². The second kappa shape index (κ2) is 7.04. The van der Waals surface area contributed by atoms with E-state index in [0.717, 1.165) is 22.6 Å². The topological polar surface area (TPSA) is 47.3 Å². The Morgan fingerprint density at radius 2 is 2.10 bits per heavy atom. The maximum atomic E-state index is 13.1. The Bertz CT molecular complexity index is 646. The van der Waals surface area contributed by atoms with E-state index >= 15 is 0 Å². The second-order valence-electron chi connectivity index (χ2n) is 4.58. The third-order valence-corrected chi connectivity index (χ3v) is 3.33. The van der Waals surface area contributed by atoms with Crippen molar-refractivity contribution < 1.29 is 9.13 Å². The molecule has 0 spiro atoms. The van der Waals surface area contributed by atoms with Crippen LogP contribution in [0.2, 0.25) is 0 Å². The first-order valence-electron chi connectivity index (χ1n) is 6.56. The van der Waals surface area contributed by atoms with Crippen LogP contribution in [0.5, 0.6) is 5.75 Å². The highest BCUT2D eigenvalue weighted by Gasteiger charge is 2.06. The summed E-state index contributed by atoms with van der Waals surface area (Å²) in [4.78, 5) is 0.325. The molecule has 0 radical (unpaired) electrons. The van der Waals surface area contributed by atoms with Gasteiger partial charge in [0.05, 0.1) is 7.11 Å². The number of methoxy groups -OCH3 is 1. The van der Waals surface area contributed by atoms with Crippen LogP contribution >= 0.6 is 12.2 Å². The molecule has 0 saturated heterocycles. The van der Waals surface area contributed by atoms with E-state index in [2.05, 4.69) is 5.32 Å². The number of halogens is 1. The van der Waals surface area contributed by atoms with Crippen LogP contribution in [0.4, 0.5) is 10.1 Å². The molecule has 2 rings (SSSR count). The smallest absolute Gasteiger partial charge is 0.123 e. The van der Waals surface area contributed by atoms with E-state index < -0.39 is 0 Å². The summed E-state index contributed by atoms with van der Waals surface area (Å²) in [5.74, 6) is 0.501. The van der Waals surface area contributed by atoms with E-state index in [-0.39, 0.29) is 5.82 Å². The number of hydrogen-bond acceptors (Lipinski definition) is 3. The molecule has 0 bridgehead atoms. The van der Waals surface area contributed by atoms with Crippen molar-refractivity contribution in [1.82, 2.24) is 0 Å². The summed E-state index contributed by atoms with van der Waals surface area (Å²) < 4.78 is 18.3. The summed E-state index contributed by atoms with van der Waals surface area (Å²) >= 11 is 5.04. The zero-order chi connectivity index (χ0) is 15.2. The maximum absolute atomic E-state index is 13.1. The zero-order valence-electron chi connectivity index (χ0n) is 11.7. The number of rotatable bonds is 6. The quantitative estimate of drug-likeness (QED) is 0.805. The van der Waals surface area contributed by atoms with Crippen LogP contribution in [0, 0.1) is 5.82 Å². The monoisotopic (exact) mass is 304 g/mol. The fourth-order valence-electron chi connectivity index (χ4n) is 2.05. The van der Waals surface area contributed by atoms with Gasteiger partial charge in [0.1, 0.15) is 16.6 Å². The molecule has 0 heterocycles. The van der Waals surface area contributed by atoms with Gasteiger partial charge in [-0.15, -0.1) is 0 Å². The predicted octanol–water partition coefficient (Wildman–Crippen LogP) is 3.12. The molecule has 0 aliphatic heterocycles. The van der Waals surface area contributed by atoms with Crippen molar-refractivity contribution in [2.45, 2.75) is 6.42 Å². The van der Waals surface area contributed by atoms with Crippen LogP contribution in [0.3, 0.4) is 0 Å². The van der Waals surface area contributed by atoms with Crippen molar-refractivity contribution in [1.29, 1.82) is 0 Å². The average Bonchev–Trinajstić information content (AvgIpc) is 2.47. The van der Waals surface area contributed by atoms with E-state index in [1.165, 1.54) is 12.1 Å². The van der Waals surface area contributed by atoms with Gasteiger partial charge in [-0.3, -0.25) is 0 Å². The van der Waals surface area contributed by atoms with Gasteiger partial charge in [-0.25, -0.2) is 4.39 Å². The molecule has 0 aromatic heterocycles. The molecule has 21 heavy (non-hydrogen) atoms. The first kappa shape index (κ1) is 15.3. The molecule has 110 valence electrons. The van der Waals surface area contributed by atoms with Crippen LogP contribution in [0.1, 0.15) is 11.1 Å². The summed E-state index contributed by atoms with van der Waals surface area (Å²) in [6.45, 7) is 0.645. The molecule has 0 unspecified atom stereocenters. The number of ether oxygens (including phenoxy) is 1. The Kier molecular flexibility index (Phi) is 5.11. The standard InChI is InChI=1S/C16H17FN2OS/c1-20-13-5-6-14(16(18)21)15(10-13)19-8-7-11-3-2-4-12(17)9-11/h2-6,9-10,19H,7-8H2,1H3,(H2,18,21). The molecule has 0 fully saturated rings. The molecule has 2 aromatic rings. The molecular formula is C16H17FN2OS. The van der Waals surface area contributed by atoms with Crippen molar-refractivity contribution >= 4 is 22.9 Å². The zero-order valence-corrected chi connectivity index (χ0v) is 12.5. The highest BCUT2D eigenvalue weighted by molar-refractivity contribution is 7.80. The van der Waals surface area contributed by atoms with Crippen molar-refractivity contribution in [2.75, 3.05) is 19.0 Å². The number of hydrogen-bond donors (Lipinski definition) is 2. The van der Waals surface area contributed by atoms with E-state index in [1.54, 1.807) is 13.2 Å². The molecule has 0 saturated carbocycles. The first-order valence-corrected chi connectivity index (χ1v) is 6.97. The second-order valence-corrected chi connectivity index (χ2v) is 5.02. The number of nitrogens with two attached hydrogens (primary N) is 1. The van der Waals surface area contributed by atoms with Crippen LogP contribution in [0.25, 0.3) is 0 Å². The summed E-state index contributed by atoms with van der Waals surface area (Å²) in [5, 5.41) is 3.27. The Labute approximate surface area is 128 Å². The number of benzene rings is 2. The van der Waals surface area contributed by atoms with Gasteiger partial charge >= 0.3 is 0 Å². The molecule has 2 aromatic carbocycles. The molecular weight excluding hydrogens is 287 g/mol. The Morgan fingerprint density at radius 3 is 2.76 bits per heavy atom. The van der Waals surface area contributed by atoms with E-state index in [9.17, 15) is 4.39 Å².